The summed E-state index contributed by atoms with van der Waals surface area (Å²) in [6.45, 7) is 2.64. The van der Waals surface area contributed by atoms with Gasteiger partial charge in [0.15, 0.2) is 5.65 Å². The Bertz CT molecular complexity index is 648. The van der Waals surface area contributed by atoms with E-state index in [1.807, 2.05) is 30.8 Å². The van der Waals surface area contributed by atoms with Crippen LogP contribution >= 0.6 is 0 Å². The van der Waals surface area contributed by atoms with Gasteiger partial charge in [0.2, 0.25) is 11.9 Å². The number of likely N-dealkylation sites (N-methyl/N-ethyl adjacent to an activating group) is 1. The molecule has 0 saturated carbocycles. The number of likely N-dealkylation sites (tertiary alicyclic amines) is 1. The fraction of sp³-hybridized carbons (Fsp3) is 0.462. The highest BCUT2D eigenvalue weighted by Gasteiger charge is 2.27. The van der Waals surface area contributed by atoms with Gasteiger partial charge in [-0.2, -0.15) is 0 Å². The zero-order valence-electron chi connectivity index (χ0n) is 11.1. The number of rotatable bonds is 1. The van der Waals surface area contributed by atoms with Crippen molar-refractivity contribution in [3.05, 3.63) is 17.8 Å². The van der Waals surface area contributed by atoms with Crippen LogP contribution in [0.5, 0.6) is 0 Å². The van der Waals surface area contributed by atoms with E-state index >= 15 is 0 Å². The van der Waals surface area contributed by atoms with Gasteiger partial charge in [-0.05, 0) is 25.0 Å². The first kappa shape index (κ1) is 12.0. The number of amides is 1. The second kappa shape index (κ2) is 4.22. The number of hydrogen-bond donors (Lipinski definition) is 1. The van der Waals surface area contributed by atoms with E-state index < -0.39 is 0 Å². The molecule has 1 saturated heterocycles. The van der Waals surface area contributed by atoms with E-state index in [4.69, 9.17) is 5.73 Å². The SMILES string of the molecule is Cc1cnc2c(c1)nc(N)n2C1CCC(=O)N(C)C1. The average molecular weight is 259 g/mol. The molecule has 3 rings (SSSR count). The number of carbonyl (C=O) groups is 1. The molecule has 1 unspecified atom stereocenters. The van der Waals surface area contributed by atoms with Crippen molar-refractivity contribution in [1.82, 2.24) is 19.4 Å². The summed E-state index contributed by atoms with van der Waals surface area (Å²) in [6.07, 6.45) is 3.15. The van der Waals surface area contributed by atoms with E-state index in [2.05, 4.69) is 9.97 Å². The molecule has 19 heavy (non-hydrogen) atoms. The molecule has 1 fully saturated rings. The molecule has 1 aliphatic heterocycles. The van der Waals surface area contributed by atoms with E-state index in [9.17, 15) is 4.79 Å². The molecule has 0 aliphatic carbocycles. The van der Waals surface area contributed by atoms with Crippen molar-refractivity contribution in [2.24, 2.45) is 0 Å². The first-order chi connectivity index (χ1) is 9.06. The monoisotopic (exact) mass is 259 g/mol. The van der Waals surface area contributed by atoms with Crippen LogP contribution in [0.4, 0.5) is 5.95 Å². The number of nitrogen functional groups attached to an aromatic ring is 1. The van der Waals surface area contributed by atoms with Crippen LogP contribution in [0, 0.1) is 6.92 Å². The number of aryl methyl sites for hydroxylation is 1. The number of imidazole rings is 1. The third-order valence-corrected chi connectivity index (χ3v) is 3.66. The summed E-state index contributed by atoms with van der Waals surface area (Å²) in [4.78, 5) is 22.1. The van der Waals surface area contributed by atoms with Gasteiger partial charge in [-0.25, -0.2) is 9.97 Å². The summed E-state index contributed by atoms with van der Waals surface area (Å²) in [7, 11) is 1.82. The number of anilines is 1. The van der Waals surface area contributed by atoms with Gasteiger partial charge >= 0.3 is 0 Å². The summed E-state index contributed by atoms with van der Waals surface area (Å²) in [6, 6.07) is 2.13. The number of hydrogen-bond acceptors (Lipinski definition) is 4. The average Bonchev–Trinajstić information content (AvgIpc) is 2.68. The molecule has 1 atom stereocenters. The summed E-state index contributed by atoms with van der Waals surface area (Å²) < 4.78 is 1.96. The van der Waals surface area contributed by atoms with Crippen molar-refractivity contribution < 1.29 is 4.79 Å². The Morgan fingerprint density at radius 3 is 3.00 bits per heavy atom. The Hall–Kier alpha value is -2.11. The van der Waals surface area contributed by atoms with Crippen LogP contribution in [-0.4, -0.2) is 38.9 Å². The van der Waals surface area contributed by atoms with Crippen molar-refractivity contribution in [2.75, 3.05) is 19.3 Å². The second-order valence-corrected chi connectivity index (χ2v) is 5.16. The van der Waals surface area contributed by atoms with Gasteiger partial charge < -0.3 is 10.6 Å². The molecule has 1 amide bonds. The van der Waals surface area contributed by atoms with E-state index in [0.717, 1.165) is 23.1 Å². The Morgan fingerprint density at radius 1 is 1.47 bits per heavy atom. The molecule has 0 radical (unpaired) electrons. The third-order valence-electron chi connectivity index (χ3n) is 3.66. The summed E-state index contributed by atoms with van der Waals surface area (Å²) >= 11 is 0. The van der Waals surface area contributed by atoms with Gasteiger partial charge in [0.05, 0.1) is 6.04 Å². The van der Waals surface area contributed by atoms with Crippen LogP contribution in [-0.2, 0) is 4.79 Å². The van der Waals surface area contributed by atoms with E-state index in [1.54, 1.807) is 4.90 Å². The largest absolute Gasteiger partial charge is 0.369 e. The highest BCUT2D eigenvalue weighted by atomic mass is 16.2. The van der Waals surface area contributed by atoms with Crippen molar-refractivity contribution in [1.29, 1.82) is 0 Å². The zero-order valence-corrected chi connectivity index (χ0v) is 11.1. The molecule has 6 heteroatoms. The van der Waals surface area contributed by atoms with Gasteiger partial charge in [-0.3, -0.25) is 9.36 Å². The van der Waals surface area contributed by atoms with Gasteiger partial charge in [0.25, 0.3) is 0 Å². The van der Waals surface area contributed by atoms with Crippen LogP contribution < -0.4 is 5.73 Å². The third kappa shape index (κ3) is 1.93. The van der Waals surface area contributed by atoms with E-state index in [-0.39, 0.29) is 11.9 Å². The van der Waals surface area contributed by atoms with Crippen LogP contribution in [0.3, 0.4) is 0 Å². The fourth-order valence-electron chi connectivity index (χ4n) is 2.66. The second-order valence-electron chi connectivity index (χ2n) is 5.16. The molecule has 3 heterocycles. The Morgan fingerprint density at radius 2 is 2.26 bits per heavy atom. The standard InChI is InChI=1S/C13H17N5O/c1-8-5-10-12(15-6-8)18(13(14)16-10)9-3-4-11(19)17(2)7-9/h5-6,9H,3-4,7H2,1-2H3,(H2,14,16). The van der Waals surface area contributed by atoms with Gasteiger partial charge in [-0.1, -0.05) is 0 Å². The fourth-order valence-corrected chi connectivity index (χ4v) is 2.66. The molecule has 6 nitrogen and oxygen atoms in total. The zero-order chi connectivity index (χ0) is 13.6. The maximum Gasteiger partial charge on any atom is 0.222 e. The smallest absolute Gasteiger partial charge is 0.222 e. The number of pyridine rings is 1. The Kier molecular flexibility index (Phi) is 2.66. The minimum Gasteiger partial charge on any atom is -0.369 e. The highest BCUT2D eigenvalue weighted by Crippen LogP contribution is 2.28. The molecule has 0 aromatic carbocycles. The van der Waals surface area contributed by atoms with Crippen LogP contribution in [0.1, 0.15) is 24.4 Å². The predicted molar refractivity (Wildman–Crippen MR) is 72.6 cm³/mol. The summed E-state index contributed by atoms with van der Waals surface area (Å²) in [5.41, 5.74) is 8.70. The minimum atomic E-state index is 0.155. The maximum absolute atomic E-state index is 11.6. The van der Waals surface area contributed by atoms with Crippen molar-refractivity contribution >= 4 is 23.0 Å². The van der Waals surface area contributed by atoms with Crippen molar-refractivity contribution in [2.45, 2.75) is 25.8 Å². The Balaban J connectivity index is 2.05. The van der Waals surface area contributed by atoms with Crippen molar-refractivity contribution in [3.63, 3.8) is 0 Å². The lowest BCUT2D eigenvalue weighted by molar-refractivity contribution is -0.132. The number of carbonyl (C=O) groups excluding carboxylic acids is 1. The lowest BCUT2D eigenvalue weighted by Crippen LogP contribution is -2.38. The lowest BCUT2D eigenvalue weighted by atomic mass is 10.1. The number of nitrogens with two attached hydrogens (primary N) is 1. The first-order valence-corrected chi connectivity index (χ1v) is 6.40. The molecule has 0 bridgehead atoms. The van der Waals surface area contributed by atoms with Crippen molar-refractivity contribution in [3.8, 4) is 0 Å². The number of fused-ring (bicyclic) bond motifs is 1. The molecule has 100 valence electrons. The molecule has 2 N–H and O–H groups in total. The normalized spacial score (nSPS) is 20.2. The number of aromatic nitrogens is 3. The maximum atomic E-state index is 11.6. The molecule has 2 aromatic heterocycles. The van der Waals surface area contributed by atoms with Gasteiger partial charge in [0, 0.05) is 26.2 Å². The van der Waals surface area contributed by atoms with E-state index in [0.29, 0.717) is 18.9 Å². The molecule has 1 aliphatic rings. The predicted octanol–water partition coefficient (Wildman–Crippen LogP) is 1.12. The molecule has 2 aromatic rings. The lowest BCUT2D eigenvalue weighted by Gasteiger charge is -2.30. The summed E-state index contributed by atoms with van der Waals surface area (Å²) in [5.74, 6) is 0.656. The quantitative estimate of drug-likeness (QED) is 0.832. The summed E-state index contributed by atoms with van der Waals surface area (Å²) in [5, 5.41) is 0. The highest BCUT2D eigenvalue weighted by molar-refractivity contribution is 5.78. The number of nitrogens with zero attached hydrogens (tertiary/aromatic N) is 4. The van der Waals surface area contributed by atoms with Gasteiger partial charge in [-0.15, -0.1) is 0 Å². The topological polar surface area (TPSA) is 77.0 Å². The van der Waals surface area contributed by atoms with Crippen LogP contribution in [0.15, 0.2) is 12.3 Å². The molecular formula is C13H17N5O. The minimum absolute atomic E-state index is 0.155. The molecular weight excluding hydrogens is 242 g/mol. The number of piperidine rings is 1. The van der Waals surface area contributed by atoms with Crippen LogP contribution in [0.25, 0.3) is 11.2 Å². The van der Waals surface area contributed by atoms with Gasteiger partial charge in [0.1, 0.15) is 5.52 Å². The Labute approximate surface area is 111 Å². The van der Waals surface area contributed by atoms with Crippen LogP contribution in [0.2, 0.25) is 0 Å². The van der Waals surface area contributed by atoms with E-state index in [1.165, 1.54) is 0 Å². The first-order valence-electron chi connectivity index (χ1n) is 6.40. The molecule has 0 spiro atoms.